The van der Waals surface area contributed by atoms with Crippen molar-refractivity contribution in [2.75, 3.05) is 4.90 Å². The topological polar surface area (TPSA) is 40.5 Å². The highest BCUT2D eigenvalue weighted by Crippen LogP contribution is 2.25. The molecule has 4 heteroatoms. The third kappa shape index (κ3) is 1.48. The van der Waals surface area contributed by atoms with E-state index in [0.717, 1.165) is 0 Å². The number of aliphatic hydroxyl groups is 1. The van der Waals surface area contributed by atoms with Crippen LogP contribution in [0.3, 0.4) is 0 Å². The van der Waals surface area contributed by atoms with E-state index in [4.69, 9.17) is 0 Å². The summed E-state index contributed by atoms with van der Waals surface area (Å²) in [6, 6.07) is 5.52. The van der Waals surface area contributed by atoms with Gasteiger partial charge in [0.1, 0.15) is 12.0 Å². The molecule has 2 rings (SSSR count). The van der Waals surface area contributed by atoms with Gasteiger partial charge in [-0.3, -0.25) is 9.69 Å². The molecule has 0 aromatic heterocycles. The quantitative estimate of drug-likeness (QED) is 0.733. The summed E-state index contributed by atoms with van der Waals surface area (Å²) in [7, 11) is 0. The van der Waals surface area contributed by atoms with Crippen molar-refractivity contribution >= 4 is 11.6 Å². The minimum atomic E-state index is -0.770. The second-order valence-electron chi connectivity index (χ2n) is 3.26. The summed E-state index contributed by atoms with van der Waals surface area (Å²) in [5.41, 5.74) is 0.543. The van der Waals surface area contributed by atoms with E-state index in [-0.39, 0.29) is 11.7 Å². The molecule has 1 fully saturated rings. The molecule has 1 aromatic rings. The van der Waals surface area contributed by atoms with E-state index in [2.05, 4.69) is 0 Å². The molecule has 0 bridgehead atoms. The molecule has 1 saturated heterocycles. The van der Waals surface area contributed by atoms with Crippen LogP contribution in [0.4, 0.5) is 10.1 Å². The molecule has 1 aliphatic heterocycles. The van der Waals surface area contributed by atoms with Crippen molar-refractivity contribution in [2.24, 2.45) is 0 Å². The number of anilines is 1. The molecule has 74 valence electrons. The highest BCUT2D eigenvalue weighted by Gasteiger charge is 2.30. The van der Waals surface area contributed by atoms with Crippen molar-refractivity contribution in [3.05, 3.63) is 30.1 Å². The number of carbonyl (C=O) groups is 1. The molecule has 0 saturated carbocycles. The van der Waals surface area contributed by atoms with Crippen LogP contribution in [0, 0.1) is 5.82 Å². The van der Waals surface area contributed by atoms with E-state index < -0.39 is 6.23 Å². The van der Waals surface area contributed by atoms with Gasteiger partial charge in [0.25, 0.3) is 0 Å². The van der Waals surface area contributed by atoms with Crippen LogP contribution in [0.2, 0.25) is 0 Å². The summed E-state index contributed by atoms with van der Waals surface area (Å²) in [5, 5.41) is 9.49. The average molecular weight is 195 g/mol. The second kappa shape index (κ2) is 3.38. The van der Waals surface area contributed by atoms with Gasteiger partial charge in [-0.2, -0.15) is 0 Å². The van der Waals surface area contributed by atoms with Gasteiger partial charge in [0.2, 0.25) is 5.91 Å². The Bertz CT molecular complexity index is 350. The number of hydrogen-bond acceptors (Lipinski definition) is 2. The van der Waals surface area contributed by atoms with Crippen molar-refractivity contribution in [3.63, 3.8) is 0 Å². The van der Waals surface area contributed by atoms with Crippen LogP contribution in [0.5, 0.6) is 0 Å². The van der Waals surface area contributed by atoms with Crippen LogP contribution >= 0.6 is 0 Å². The van der Waals surface area contributed by atoms with E-state index in [1.807, 2.05) is 0 Å². The Labute approximate surface area is 80.8 Å². The van der Waals surface area contributed by atoms with Gasteiger partial charge in [-0.05, 0) is 24.3 Å². The van der Waals surface area contributed by atoms with Gasteiger partial charge < -0.3 is 5.11 Å². The summed E-state index contributed by atoms with van der Waals surface area (Å²) < 4.78 is 12.6. The lowest BCUT2D eigenvalue weighted by Crippen LogP contribution is -2.32. The fraction of sp³-hybridized carbons (Fsp3) is 0.300. The molecule has 1 heterocycles. The molecule has 1 amide bonds. The number of amides is 1. The van der Waals surface area contributed by atoms with E-state index in [0.29, 0.717) is 18.5 Å². The predicted molar refractivity (Wildman–Crippen MR) is 49.1 cm³/mol. The molecule has 1 atom stereocenters. The summed E-state index contributed by atoms with van der Waals surface area (Å²) in [5.74, 6) is -0.473. The number of aliphatic hydroxyl groups excluding tert-OH is 1. The SMILES string of the molecule is O=C1CCC(O)N1c1ccc(F)cc1. The largest absolute Gasteiger partial charge is 0.373 e. The zero-order valence-electron chi connectivity index (χ0n) is 7.48. The molecule has 3 nitrogen and oxygen atoms in total. The third-order valence-electron chi connectivity index (χ3n) is 2.29. The molecule has 0 spiro atoms. The molecular weight excluding hydrogens is 185 g/mol. The highest BCUT2D eigenvalue weighted by atomic mass is 19.1. The lowest BCUT2D eigenvalue weighted by Gasteiger charge is -2.20. The lowest BCUT2D eigenvalue weighted by atomic mass is 10.3. The number of rotatable bonds is 1. The van der Waals surface area contributed by atoms with Crippen molar-refractivity contribution in [2.45, 2.75) is 19.1 Å². The summed E-state index contributed by atoms with van der Waals surface area (Å²) in [6.07, 6.45) is 0.0161. The van der Waals surface area contributed by atoms with Crippen molar-refractivity contribution in [3.8, 4) is 0 Å². The van der Waals surface area contributed by atoms with Crippen LogP contribution in [0.25, 0.3) is 0 Å². The van der Waals surface area contributed by atoms with Gasteiger partial charge in [0.05, 0.1) is 0 Å². The molecule has 1 unspecified atom stereocenters. The van der Waals surface area contributed by atoms with E-state index in [9.17, 15) is 14.3 Å². The zero-order valence-corrected chi connectivity index (χ0v) is 7.48. The maximum absolute atomic E-state index is 12.6. The Morgan fingerprint density at radius 3 is 2.50 bits per heavy atom. The Morgan fingerprint density at radius 2 is 2.00 bits per heavy atom. The van der Waals surface area contributed by atoms with E-state index >= 15 is 0 Å². The molecular formula is C10H10FNO2. The second-order valence-corrected chi connectivity index (χ2v) is 3.26. The summed E-state index contributed by atoms with van der Waals surface area (Å²) in [4.78, 5) is 12.6. The van der Waals surface area contributed by atoms with Crippen molar-refractivity contribution in [1.82, 2.24) is 0 Å². The lowest BCUT2D eigenvalue weighted by molar-refractivity contribution is -0.117. The highest BCUT2D eigenvalue weighted by molar-refractivity contribution is 5.95. The van der Waals surface area contributed by atoms with Crippen LogP contribution in [0.1, 0.15) is 12.8 Å². The fourth-order valence-electron chi connectivity index (χ4n) is 1.59. The van der Waals surface area contributed by atoms with Gasteiger partial charge in [0.15, 0.2) is 0 Å². The maximum Gasteiger partial charge on any atom is 0.229 e. The number of carbonyl (C=O) groups excluding carboxylic acids is 1. The summed E-state index contributed by atoms with van der Waals surface area (Å²) >= 11 is 0. The van der Waals surface area contributed by atoms with Gasteiger partial charge in [0, 0.05) is 18.5 Å². The smallest absolute Gasteiger partial charge is 0.229 e. The van der Waals surface area contributed by atoms with Gasteiger partial charge in [-0.25, -0.2) is 4.39 Å². The molecule has 0 radical (unpaired) electrons. The van der Waals surface area contributed by atoms with Gasteiger partial charge in [-0.1, -0.05) is 0 Å². The predicted octanol–water partition coefficient (Wildman–Crippen LogP) is 1.27. The summed E-state index contributed by atoms with van der Waals surface area (Å²) in [6.45, 7) is 0. The number of nitrogens with zero attached hydrogens (tertiary/aromatic N) is 1. The van der Waals surface area contributed by atoms with Crippen LogP contribution < -0.4 is 4.90 Å². The monoisotopic (exact) mass is 195 g/mol. The molecule has 1 aliphatic rings. The normalized spacial score (nSPS) is 21.7. The Hall–Kier alpha value is -1.42. The Morgan fingerprint density at radius 1 is 1.36 bits per heavy atom. The minimum Gasteiger partial charge on any atom is -0.373 e. The maximum atomic E-state index is 12.6. The first-order valence-corrected chi connectivity index (χ1v) is 4.44. The minimum absolute atomic E-state index is 0.121. The van der Waals surface area contributed by atoms with Crippen molar-refractivity contribution < 1.29 is 14.3 Å². The third-order valence-corrected chi connectivity index (χ3v) is 2.29. The van der Waals surface area contributed by atoms with E-state index in [1.165, 1.54) is 29.2 Å². The average Bonchev–Trinajstić information content (AvgIpc) is 2.49. The van der Waals surface area contributed by atoms with Crippen LogP contribution in [-0.4, -0.2) is 17.2 Å². The Balaban J connectivity index is 2.30. The first-order valence-electron chi connectivity index (χ1n) is 4.44. The first kappa shape index (κ1) is 9.15. The van der Waals surface area contributed by atoms with Gasteiger partial charge >= 0.3 is 0 Å². The van der Waals surface area contributed by atoms with Crippen molar-refractivity contribution in [1.29, 1.82) is 0 Å². The first-order chi connectivity index (χ1) is 6.68. The number of hydrogen-bond donors (Lipinski definition) is 1. The number of halogens is 1. The van der Waals surface area contributed by atoms with E-state index in [1.54, 1.807) is 0 Å². The van der Waals surface area contributed by atoms with Crippen LogP contribution in [-0.2, 0) is 4.79 Å². The standard InChI is InChI=1S/C10H10FNO2/c11-7-1-3-8(4-2-7)12-9(13)5-6-10(12)14/h1-4,9,13H,5-6H2. The fourth-order valence-corrected chi connectivity index (χ4v) is 1.59. The van der Waals surface area contributed by atoms with Crippen LogP contribution in [0.15, 0.2) is 24.3 Å². The number of benzene rings is 1. The molecule has 0 aliphatic carbocycles. The molecule has 1 N–H and O–H groups in total. The molecule has 1 aromatic carbocycles. The Kier molecular flexibility index (Phi) is 2.21. The molecule has 14 heavy (non-hydrogen) atoms. The zero-order chi connectivity index (χ0) is 10.1. The van der Waals surface area contributed by atoms with Gasteiger partial charge in [-0.15, -0.1) is 0 Å².